The van der Waals surface area contributed by atoms with Gasteiger partial charge in [-0.15, -0.1) is 0 Å². The Bertz CT molecular complexity index is 575. The molecule has 1 heterocycles. The first kappa shape index (κ1) is 13.4. The highest BCUT2D eigenvalue weighted by molar-refractivity contribution is 5.32. The summed E-state index contributed by atoms with van der Waals surface area (Å²) >= 11 is 0. The second-order valence-electron chi connectivity index (χ2n) is 4.11. The maximum absolute atomic E-state index is 14.0. The molecule has 0 aliphatic carbocycles. The number of hydrogen-bond donors (Lipinski definition) is 1. The van der Waals surface area contributed by atoms with Gasteiger partial charge in [-0.05, 0) is 30.2 Å². The lowest BCUT2D eigenvalue weighted by Crippen LogP contribution is -2.17. The van der Waals surface area contributed by atoms with Crippen LogP contribution in [0.3, 0.4) is 0 Å². The van der Waals surface area contributed by atoms with Crippen molar-refractivity contribution in [1.82, 2.24) is 4.98 Å². The van der Waals surface area contributed by atoms with Gasteiger partial charge in [0.05, 0.1) is 18.8 Å². The lowest BCUT2D eigenvalue weighted by molar-refractivity contribution is 0.383. The lowest BCUT2D eigenvalue weighted by atomic mass is 10.0. The smallest absolute Gasteiger partial charge is 0.168 e. The summed E-state index contributed by atoms with van der Waals surface area (Å²) in [5.74, 6) is -0.818. The molecule has 0 aliphatic heterocycles. The number of hydrogen-bond acceptors (Lipinski definition) is 3. The van der Waals surface area contributed by atoms with Crippen molar-refractivity contribution >= 4 is 0 Å². The van der Waals surface area contributed by atoms with Gasteiger partial charge in [0.2, 0.25) is 0 Å². The standard InChI is InChI=1S/C14H14F2N2O/c1-19-12-6-2-4-9(13(12)16)8-11(17)14-10(15)5-3-7-18-14/h2-7,11H,8,17H2,1H3. The third-order valence-electron chi connectivity index (χ3n) is 2.84. The topological polar surface area (TPSA) is 48.1 Å². The van der Waals surface area contributed by atoms with Crippen LogP contribution >= 0.6 is 0 Å². The summed E-state index contributed by atoms with van der Waals surface area (Å²) < 4.78 is 32.4. The van der Waals surface area contributed by atoms with Gasteiger partial charge in [0.25, 0.3) is 0 Å². The summed E-state index contributed by atoms with van der Waals surface area (Å²) in [7, 11) is 1.39. The van der Waals surface area contributed by atoms with Crippen LogP contribution in [0.15, 0.2) is 36.5 Å². The molecule has 0 spiro atoms. The summed E-state index contributed by atoms with van der Waals surface area (Å²) in [4.78, 5) is 3.89. The highest BCUT2D eigenvalue weighted by Crippen LogP contribution is 2.24. The van der Waals surface area contributed by atoms with E-state index in [9.17, 15) is 8.78 Å². The lowest BCUT2D eigenvalue weighted by Gasteiger charge is -2.13. The molecule has 1 unspecified atom stereocenters. The van der Waals surface area contributed by atoms with Gasteiger partial charge in [0.1, 0.15) is 5.82 Å². The predicted octanol–water partition coefficient (Wildman–Crippen LogP) is 2.61. The first-order valence-corrected chi connectivity index (χ1v) is 5.81. The van der Waals surface area contributed by atoms with E-state index < -0.39 is 17.7 Å². The van der Waals surface area contributed by atoms with Crippen LogP contribution in [0.2, 0.25) is 0 Å². The molecule has 5 heteroatoms. The molecule has 0 aliphatic rings. The number of benzene rings is 1. The van der Waals surface area contributed by atoms with E-state index in [-0.39, 0.29) is 17.9 Å². The Morgan fingerprint density at radius 1 is 1.26 bits per heavy atom. The van der Waals surface area contributed by atoms with Crippen molar-refractivity contribution in [3.8, 4) is 5.75 Å². The molecule has 3 nitrogen and oxygen atoms in total. The van der Waals surface area contributed by atoms with Crippen molar-refractivity contribution in [3.63, 3.8) is 0 Å². The predicted molar refractivity (Wildman–Crippen MR) is 67.8 cm³/mol. The number of aromatic nitrogens is 1. The molecular weight excluding hydrogens is 250 g/mol. The molecule has 0 radical (unpaired) electrons. The van der Waals surface area contributed by atoms with Gasteiger partial charge in [-0.25, -0.2) is 8.78 Å². The molecule has 1 atom stereocenters. The van der Waals surface area contributed by atoms with Crippen LogP contribution in [0.1, 0.15) is 17.3 Å². The van der Waals surface area contributed by atoms with E-state index >= 15 is 0 Å². The first-order valence-electron chi connectivity index (χ1n) is 5.81. The maximum Gasteiger partial charge on any atom is 0.168 e. The maximum atomic E-state index is 14.0. The van der Waals surface area contributed by atoms with Crippen LogP contribution in [-0.4, -0.2) is 12.1 Å². The molecule has 100 valence electrons. The molecular formula is C14H14F2N2O. The van der Waals surface area contributed by atoms with Crippen molar-refractivity contribution in [2.24, 2.45) is 5.73 Å². The number of halogens is 2. The minimum absolute atomic E-state index is 0.129. The number of methoxy groups -OCH3 is 1. The van der Waals surface area contributed by atoms with Crippen molar-refractivity contribution in [2.75, 3.05) is 7.11 Å². The Kier molecular flexibility index (Phi) is 4.06. The normalized spacial score (nSPS) is 12.2. The van der Waals surface area contributed by atoms with E-state index in [1.165, 1.54) is 31.5 Å². The van der Waals surface area contributed by atoms with Gasteiger partial charge in [-0.3, -0.25) is 4.98 Å². The number of pyridine rings is 1. The monoisotopic (exact) mass is 264 g/mol. The quantitative estimate of drug-likeness (QED) is 0.923. The molecule has 2 aromatic rings. The van der Waals surface area contributed by atoms with Gasteiger partial charge < -0.3 is 10.5 Å². The Morgan fingerprint density at radius 2 is 2.05 bits per heavy atom. The molecule has 1 aromatic heterocycles. The fourth-order valence-electron chi connectivity index (χ4n) is 1.88. The fourth-order valence-corrected chi connectivity index (χ4v) is 1.88. The first-order chi connectivity index (χ1) is 9.13. The number of ether oxygens (including phenoxy) is 1. The van der Waals surface area contributed by atoms with E-state index in [4.69, 9.17) is 10.5 Å². The summed E-state index contributed by atoms with van der Waals surface area (Å²) in [5, 5.41) is 0. The highest BCUT2D eigenvalue weighted by Gasteiger charge is 2.16. The Morgan fingerprint density at radius 3 is 2.74 bits per heavy atom. The Hall–Kier alpha value is -2.01. The van der Waals surface area contributed by atoms with Crippen LogP contribution < -0.4 is 10.5 Å². The number of rotatable bonds is 4. The van der Waals surface area contributed by atoms with Crippen molar-refractivity contribution in [2.45, 2.75) is 12.5 Å². The van der Waals surface area contributed by atoms with Crippen molar-refractivity contribution in [1.29, 1.82) is 0 Å². The van der Waals surface area contributed by atoms with E-state index in [0.717, 1.165) is 0 Å². The minimum Gasteiger partial charge on any atom is -0.494 e. The SMILES string of the molecule is COc1cccc(CC(N)c2ncccc2F)c1F. The highest BCUT2D eigenvalue weighted by atomic mass is 19.1. The van der Waals surface area contributed by atoms with Crippen LogP contribution in [0.4, 0.5) is 8.78 Å². The van der Waals surface area contributed by atoms with Gasteiger partial charge in [-0.2, -0.15) is 0 Å². The summed E-state index contributed by atoms with van der Waals surface area (Å²) in [6.45, 7) is 0. The average molecular weight is 264 g/mol. The largest absolute Gasteiger partial charge is 0.494 e. The van der Waals surface area contributed by atoms with Crippen LogP contribution in [-0.2, 0) is 6.42 Å². The van der Waals surface area contributed by atoms with Gasteiger partial charge in [-0.1, -0.05) is 12.1 Å². The molecule has 0 bridgehead atoms. The molecule has 19 heavy (non-hydrogen) atoms. The molecule has 0 amide bonds. The zero-order chi connectivity index (χ0) is 13.8. The molecule has 0 saturated heterocycles. The fraction of sp³-hybridized carbons (Fsp3) is 0.214. The molecule has 2 N–H and O–H groups in total. The minimum atomic E-state index is -0.706. The van der Waals surface area contributed by atoms with Gasteiger partial charge >= 0.3 is 0 Å². The third-order valence-corrected chi connectivity index (χ3v) is 2.84. The van der Waals surface area contributed by atoms with Crippen LogP contribution in [0.5, 0.6) is 5.75 Å². The van der Waals surface area contributed by atoms with Crippen LogP contribution in [0, 0.1) is 11.6 Å². The summed E-state index contributed by atoms with van der Waals surface area (Å²) in [5.41, 5.74) is 6.38. The van der Waals surface area contributed by atoms with E-state index in [1.54, 1.807) is 12.1 Å². The Balaban J connectivity index is 2.24. The Labute approximate surface area is 110 Å². The van der Waals surface area contributed by atoms with Gasteiger partial charge in [0, 0.05) is 6.20 Å². The van der Waals surface area contributed by atoms with Crippen molar-refractivity contribution < 1.29 is 13.5 Å². The molecule has 1 aromatic carbocycles. The second-order valence-corrected chi connectivity index (χ2v) is 4.11. The zero-order valence-electron chi connectivity index (χ0n) is 10.4. The molecule has 0 saturated carbocycles. The average Bonchev–Trinajstić information content (AvgIpc) is 2.41. The molecule has 2 rings (SSSR count). The third kappa shape index (κ3) is 2.88. The number of nitrogens with two attached hydrogens (primary N) is 1. The summed E-state index contributed by atoms with van der Waals surface area (Å²) in [6.07, 6.45) is 1.61. The van der Waals surface area contributed by atoms with E-state index in [2.05, 4.69) is 4.98 Å². The van der Waals surface area contributed by atoms with Gasteiger partial charge in [0.15, 0.2) is 11.6 Å². The molecule has 0 fully saturated rings. The van der Waals surface area contributed by atoms with E-state index in [0.29, 0.717) is 5.56 Å². The van der Waals surface area contributed by atoms with Crippen molar-refractivity contribution in [3.05, 3.63) is 59.4 Å². The van der Waals surface area contributed by atoms with E-state index in [1.807, 2.05) is 0 Å². The zero-order valence-corrected chi connectivity index (χ0v) is 10.4. The van der Waals surface area contributed by atoms with Crippen LogP contribution in [0.25, 0.3) is 0 Å². The second kappa shape index (κ2) is 5.75. The summed E-state index contributed by atoms with van der Waals surface area (Å²) in [6, 6.07) is 6.84. The number of nitrogens with zero attached hydrogens (tertiary/aromatic N) is 1.